The van der Waals surface area contributed by atoms with Crippen LogP contribution in [0.25, 0.3) is 0 Å². The second-order valence-corrected chi connectivity index (χ2v) is 4.83. The summed E-state index contributed by atoms with van der Waals surface area (Å²) in [7, 11) is 0. The molecule has 0 unspecified atom stereocenters. The van der Waals surface area contributed by atoms with E-state index < -0.39 is 0 Å². The topological polar surface area (TPSA) is 29.3 Å². The highest BCUT2D eigenvalue weighted by molar-refractivity contribution is 5.42. The highest BCUT2D eigenvalue weighted by Crippen LogP contribution is 2.18. The van der Waals surface area contributed by atoms with Crippen LogP contribution in [-0.2, 0) is 6.54 Å². The molecule has 0 atom stereocenters. The van der Waals surface area contributed by atoms with Crippen molar-refractivity contribution in [2.24, 2.45) is 5.92 Å². The molecule has 3 heteroatoms. The largest absolute Gasteiger partial charge is 0.396 e. The van der Waals surface area contributed by atoms with Crippen LogP contribution in [0.4, 0.5) is 10.1 Å². The summed E-state index contributed by atoms with van der Waals surface area (Å²) in [5.41, 5.74) is 6.54. The van der Waals surface area contributed by atoms with Crippen molar-refractivity contribution in [3.8, 4) is 0 Å². The Labute approximate surface area is 110 Å². The minimum absolute atomic E-state index is 0.242. The molecule has 0 bridgehead atoms. The molecule has 0 spiro atoms. The van der Waals surface area contributed by atoms with Crippen LogP contribution in [0.1, 0.15) is 39.2 Å². The van der Waals surface area contributed by atoms with Crippen LogP contribution in [0.15, 0.2) is 18.2 Å². The average Bonchev–Trinajstić information content (AvgIpc) is 2.39. The first-order valence-corrected chi connectivity index (χ1v) is 6.87. The van der Waals surface area contributed by atoms with Gasteiger partial charge in [0.15, 0.2) is 5.82 Å². The number of hydrogen-bond donors (Lipinski definition) is 1. The third-order valence-electron chi connectivity index (χ3n) is 3.62. The van der Waals surface area contributed by atoms with Crippen molar-refractivity contribution in [1.29, 1.82) is 0 Å². The zero-order valence-corrected chi connectivity index (χ0v) is 11.7. The molecule has 0 radical (unpaired) electrons. The second kappa shape index (κ2) is 7.37. The lowest BCUT2D eigenvalue weighted by atomic mass is 10.0. The van der Waals surface area contributed by atoms with E-state index >= 15 is 0 Å². The molecule has 0 aliphatic carbocycles. The van der Waals surface area contributed by atoms with Crippen molar-refractivity contribution >= 4 is 5.69 Å². The Hall–Kier alpha value is -1.09. The second-order valence-electron chi connectivity index (χ2n) is 4.83. The summed E-state index contributed by atoms with van der Waals surface area (Å²) < 4.78 is 13.8. The molecule has 0 aromatic heterocycles. The lowest BCUT2D eigenvalue weighted by Crippen LogP contribution is -2.29. The Kier molecular flexibility index (Phi) is 6.13. The molecule has 0 saturated carbocycles. The Bertz CT molecular complexity index is 362. The van der Waals surface area contributed by atoms with Gasteiger partial charge in [-0.2, -0.15) is 0 Å². The maximum Gasteiger partial charge on any atom is 0.150 e. The average molecular weight is 252 g/mol. The summed E-state index contributed by atoms with van der Waals surface area (Å²) in [6.45, 7) is 9.14. The zero-order valence-electron chi connectivity index (χ0n) is 11.7. The van der Waals surface area contributed by atoms with E-state index in [0.717, 1.165) is 13.1 Å². The number of nitrogens with two attached hydrogens (primary N) is 1. The van der Waals surface area contributed by atoms with E-state index in [-0.39, 0.29) is 11.5 Å². The fourth-order valence-electron chi connectivity index (χ4n) is 2.18. The Balaban J connectivity index is 2.70. The normalized spacial score (nSPS) is 11.4. The lowest BCUT2D eigenvalue weighted by molar-refractivity contribution is 0.224. The van der Waals surface area contributed by atoms with E-state index in [2.05, 4.69) is 25.7 Å². The molecule has 1 aromatic carbocycles. The molecule has 0 aliphatic rings. The molecule has 0 aliphatic heterocycles. The van der Waals surface area contributed by atoms with Gasteiger partial charge in [0.05, 0.1) is 5.69 Å². The molecule has 1 aromatic rings. The first kappa shape index (κ1) is 15.0. The van der Waals surface area contributed by atoms with E-state index in [0.29, 0.717) is 18.0 Å². The number of benzene rings is 1. The molecule has 1 rings (SSSR count). The molecule has 0 amide bonds. The fourth-order valence-corrected chi connectivity index (χ4v) is 2.18. The van der Waals surface area contributed by atoms with Crippen LogP contribution >= 0.6 is 0 Å². The molecule has 2 N–H and O–H groups in total. The maximum atomic E-state index is 13.8. The van der Waals surface area contributed by atoms with E-state index in [4.69, 9.17) is 5.73 Å². The number of nitrogens with zero attached hydrogens (tertiary/aromatic N) is 1. The standard InChI is InChI=1S/C15H25FN2/c1-4-12(5-2)10-18(6-3)11-13-8-7-9-14(17)15(13)16/h7-9,12H,4-6,10-11,17H2,1-3H3. The van der Waals surface area contributed by atoms with Gasteiger partial charge >= 0.3 is 0 Å². The number of nitrogen functional groups attached to an aromatic ring is 1. The minimum Gasteiger partial charge on any atom is -0.396 e. The zero-order chi connectivity index (χ0) is 13.5. The summed E-state index contributed by atoms with van der Waals surface area (Å²) in [6.07, 6.45) is 2.35. The van der Waals surface area contributed by atoms with Crippen molar-refractivity contribution < 1.29 is 4.39 Å². The third kappa shape index (κ3) is 3.98. The molecular formula is C15H25FN2. The van der Waals surface area contributed by atoms with Gasteiger partial charge in [0.1, 0.15) is 0 Å². The van der Waals surface area contributed by atoms with Crippen LogP contribution in [0.5, 0.6) is 0 Å². The first-order valence-electron chi connectivity index (χ1n) is 6.87. The van der Waals surface area contributed by atoms with Crippen LogP contribution in [0, 0.1) is 11.7 Å². The quantitative estimate of drug-likeness (QED) is 0.750. The smallest absolute Gasteiger partial charge is 0.150 e. The van der Waals surface area contributed by atoms with Gasteiger partial charge in [-0.15, -0.1) is 0 Å². The maximum absolute atomic E-state index is 13.8. The molecular weight excluding hydrogens is 227 g/mol. The van der Waals surface area contributed by atoms with E-state index in [9.17, 15) is 4.39 Å². The van der Waals surface area contributed by atoms with Crippen molar-refractivity contribution in [2.75, 3.05) is 18.8 Å². The monoisotopic (exact) mass is 252 g/mol. The van der Waals surface area contributed by atoms with Crippen LogP contribution in [0.2, 0.25) is 0 Å². The minimum atomic E-state index is -0.263. The predicted molar refractivity (Wildman–Crippen MR) is 75.8 cm³/mol. The predicted octanol–water partition coefficient (Wildman–Crippen LogP) is 3.67. The lowest BCUT2D eigenvalue weighted by Gasteiger charge is -2.25. The van der Waals surface area contributed by atoms with Gasteiger partial charge in [-0.25, -0.2) is 4.39 Å². The highest BCUT2D eigenvalue weighted by Gasteiger charge is 2.13. The number of hydrogen-bond acceptors (Lipinski definition) is 2. The van der Waals surface area contributed by atoms with Gasteiger partial charge < -0.3 is 5.73 Å². The van der Waals surface area contributed by atoms with Crippen LogP contribution < -0.4 is 5.73 Å². The van der Waals surface area contributed by atoms with E-state index in [1.165, 1.54) is 12.8 Å². The summed E-state index contributed by atoms with van der Waals surface area (Å²) in [5, 5.41) is 0. The first-order chi connectivity index (χ1) is 8.62. The number of halogens is 1. The summed E-state index contributed by atoms with van der Waals surface area (Å²) >= 11 is 0. The van der Waals surface area contributed by atoms with E-state index in [1.807, 2.05) is 12.1 Å². The van der Waals surface area contributed by atoms with Gasteiger partial charge in [-0.1, -0.05) is 45.7 Å². The van der Waals surface area contributed by atoms with Crippen molar-refractivity contribution in [3.05, 3.63) is 29.6 Å². The van der Waals surface area contributed by atoms with E-state index in [1.54, 1.807) is 6.07 Å². The van der Waals surface area contributed by atoms with Crippen molar-refractivity contribution in [2.45, 2.75) is 40.2 Å². The SMILES string of the molecule is CCC(CC)CN(CC)Cc1cccc(N)c1F. The van der Waals surface area contributed by atoms with Gasteiger partial charge in [-0.05, 0) is 18.5 Å². The Morgan fingerprint density at radius 3 is 2.44 bits per heavy atom. The van der Waals surface area contributed by atoms with Gasteiger partial charge in [0.25, 0.3) is 0 Å². The molecule has 2 nitrogen and oxygen atoms in total. The molecule has 0 fully saturated rings. The summed E-state index contributed by atoms with van der Waals surface area (Å²) in [4.78, 5) is 2.29. The Morgan fingerprint density at radius 2 is 1.89 bits per heavy atom. The van der Waals surface area contributed by atoms with Gasteiger partial charge in [-0.3, -0.25) is 4.90 Å². The molecule has 0 heterocycles. The van der Waals surface area contributed by atoms with Crippen LogP contribution in [-0.4, -0.2) is 18.0 Å². The number of rotatable bonds is 7. The van der Waals surface area contributed by atoms with Crippen molar-refractivity contribution in [3.63, 3.8) is 0 Å². The summed E-state index contributed by atoms with van der Waals surface area (Å²) in [5.74, 6) is 0.426. The molecule has 0 saturated heterocycles. The third-order valence-corrected chi connectivity index (χ3v) is 3.62. The molecule has 102 valence electrons. The van der Waals surface area contributed by atoms with Crippen molar-refractivity contribution in [1.82, 2.24) is 4.90 Å². The summed E-state index contributed by atoms with van der Waals surface area (Å²) in [6, 6.07) is 5.25. The van der Waals surface area contributed by atoms with Gasteiger partial charge in [0.2, 0.25) is 0 Å². The Morgan fingerprint density at radius 1 is 1.22 bits per heavy atom. The fraction of sp³-hybridized carbons (Fsp3) is 0.600. The molecule has 18 heavy (non-hydrogen) atoms. The van der Waals surface area contributed by atoms with Gasteiger partial charge in [0, 0.05) is 18.7 Å². The number of anilines is 1. The van der Waals surface area contributed by atoms with Crippen LogP contribution in [0.3, 0.4) is 0 Å². The highest BCUT2D eigenvalue weighted by atomic mass is 19.1.